The number of aliphatic hydroxyl groups excluding tert-OH is 4. The Bertz CT molecular complexity index is 188. The lowest BCUT2D eigenvalue weighted by molar-refractivity contribution is -0.176. The van der Waals surface area contributed by atoms with Crippen LogP contribution in [0.1, 0.15) is 19.8 Å². The first-order chi connectivity index (χ1) is 8.06. The Balaban J connectivity index is 0. The van der Waals surface area contributed by atoms with Crippen molar-refractivity contribution in [2.45, 2.75) is 26.1 Å². The van der Waals surface area contributed by atoms with E-state index < -0.39 is 31.4 Å². The largest absolute Gasteiger partial charge is 0.432 e. The van der Waals surface area contributed by atoms with E-state index in [1.54, 1.807) is 0 Å². The molecule has 6 heteroatoms. The van der Waals surface area contributed by atoms with Gasteiger partial charge in [-0.3, -0.25) is 0 Å². The van der Waals surface area contributed by atoms with E-state index in [-0.39, 0.29) is 0 Å². The Kier molecular flexibility index (Phi) is 14.2. The predicted molar refractivity (Wildman–Crippen MR) is 62.0 cm³/mol. The number of esters is 1. The zero-order valence-electron chi connectivity index (χ0n) is 10.1. The molecule has 0 bridgehead atoms. The molecule has 0 aliphatic carbocycles. The Morgan fingerprint density at radius 3 is 2.12 bits per heavy atom. The highest BCUT2D eigenvalue weighted by molar-refractivity contribution is 5.81. The third kappa shape index (κ3) is 11.3. The molecule has 0 aromatic carbocycles. The fourth-order valence-electron chi connectivity index (χ4n) is 0.660. The molecule has 4 N–H and O–H groups in total. The van der Waals surface area contributed by atoms with Crippen LogP contribution in [0, 0.1) is 5.92 Å². The summed E-state index contributed by atoms with van der Waals surface area (Å²) in [4.78, 5) is 10.5. The average molecular weight is 250 g/mol. The standard InChI is InChI=1S/C7H12O5.C4H10O/c1-2-6(10)12-7(11)5(3-8)4-9;1-2-3-4-5/h2,5,7-9,11H,1,3-4H2;5H,2-4H2,1H3. The summed E-state index contributed by atoms with van der Waals surface area (Å²) >= 11 is 0. The number of ether oxygens (including phenoxy) is 1. The van der Waals surface area contributed by atoms with Crippen LogP contribution in [0.3, 0.4) is 0 Å². The van der Waals surface area contributed by atoms with Crippen molar-refractivity contribution in [1.82, 2.24) is 0 Å². The van der Waals surface area contributed by atoms with Gasteiger partial charge in [0.25, 0.3) is 0 Å². The third-order valence-corrected chi connectivity index (χ3v) is 1.79. The SMILES string of the molecule is C=CC(=O)OC(O)C(CO)CO.CCCCO. The topological polar surface area (TPSA) is 107 Å². The number of hydrogen-bond acceptors (Lipinski definition) is 6. The lowest BCUT2D eigenvalue weighted by Gasteiger charge is -2.17. The second kappa shape index (κ2) is 13.1. The van der Waals surface area contributed by atoms with E-state index in [1.807, 2.05) is 0 Å². The molecule has 0 spiro atoms. The van der Waals surface area contributed by atoms with E-state index >= 15 is 0 Å². The maximum atomic E-state index is 10.5. The molecule has 0 aromatic heterocycles. The molecule has 17 heavy (non-hydrogen) atoms. The molecular formula is C11H22O6. The highest BCUT2D eigenvalue weighted by Gasteiger charge is 2.20. The summed E-state index contributed by atoms with van der Waals surface area (Å²) in [5.41, 5.74) is 0. The highest BCUT2D eigenvalue weighted by atomic mass is 16.6. The maximum absolute atomic E-state index is 10.5. The minimum Gasteiger partial charge on any atom is -0.432 e. The van der Waals surface area contributed by atoms with E-state index in [9.17, 15) is 4.79 Å². The molecule has 0 aliphatic heterocycles. The molecule has 0 rings (SSSR count). The second-order valence-corrected chi connectivity index (χ2v) is 3.23. The molecule has 0 saturated carbocycles. The quantitative estimate of drug-likeness (QED) is 0.273. The zero-order valence-corrected chi connectivity index (χ0v) is 10.1. The molecule has 0 aromatic rings. The van der Waals surface area contributed by atoms with E-state index in [0.29, 0.717) is 6.61 Å². The lowest BCUT2D eigenvalue weighted by Crippen LogP contribution is -2.31. The molecule has 1 unspecified atom stereocenters. The van der Waals surface area contributed by atoms with Gasteiger partial charge < -0.3 is 25.2 Å². The predicted octanol–water partition coefficient (Wildman–Crippen LogP) is -0.586. The molecule has 0 heterocycles. The van der Waals surface area contributed by atoms with Gasteiger partial charge in [-0.2, -0.15) is 0 Å². The van der Waals surface area contributed by atoms with Crippen LogP contribution in [0.4, 0.5) is 0 Å². The van der Waals surface area contributed by atoms with Crippen molar-refractivity contribution in [3.05, 3.63) is 12.7 Å². The first-order valence-corrected chi connectivity index (χ1v) is 5.40. The van der Waals surface area contributed by atoms with Gasteiger partial charge in [-0.1, -0.05) is 19.9 Å². The van der Waals surface area contributed by atoms with Crippen molar-refractivity contribution in [2.75, 3.05) is 19.8 Å². The zero-order chi connectivity index (χ0) is 13.7. The van der Waals surface area contributed by atoms with Crippen LogP contribution in [0.15, 0.2) is 12.7 Å². The van der Waals surface area contributed by atoms with E-state index in [4.69, 9.17) is 20.4 Å². The molecule has 6 nitrogen and oxygen atoms in total. The van der Waals surface area contributed by atoms with Crippen LogP contribution in [-0.2, 0) is 9.53 Å². The molecule has 0 amide bonds. The Morgan fingerprint density at radius 1 is 1.35 bits per heavy atom. The minimum atomic E-state index is -1.49. The van der Waals surface area contributed by atoms with Crippen LogP contribution in [0.25, 0.3) is 0 Å². The van der Waals surface area contributed by atoms with Gasteiger partial charge in [-0.05, 0) is 6.42 Å². The number of carbonyl (C=O) groups excluding carboxylic acids is 1. The first-order valence-electron chi connectivity index (χ1n) is 5.40. The molecule has 1 atom stereocenters. The van der Waals surface area contributed by atoms with Crippen molar-refractivity contribution in [1.29, 1.82) is 0 Å². The summed E-state index contributed by atoms with van der Waals surface area (Å²) in [7, 11) is 0. The summed E-state index contributed by atoms with van der Waals surface area (Å²) in [5.74, 6) is -1.66. The first kappa shape index (κ1) is 18.4. The summed E-state index contributed by atoms with van der Waals surface area (Å²) in [5, 5.41) is 34.2. The second-order valence-electron chi connectivity index (χ2n) is 3.23. The Labute approximate surface area is 101 Å². The fraction of sp³-hybridized carbons (Fsp3) is 0.727. The summed E-state index contributed by atoms with van der Waals surface area (Å²) < 4.78 is 4.32. The smallest absolute Gasteiger partial charge is 0.332 e. The number of hydrogen-bond donors (Lipinski definition) is 4. The van der Waals surface area contributed by atoms with Gasteiger partial charge in [-0.15, -0.1) is 0 Å². The van der Waals surface area contributed by atoms with Crippen molar-refractivity contribution in [2.24, 2.45) is 5.92 Å². The molecule has 0 fully saturated rings. The van der Waals surface area contributed by atoms with Gasteiger partial charge in [0.2, 0.25) is 6.29 Å². The van der Waals surface area contributed by atoms with Crippen molar-refractivity contribution in [3.63, 3.8) is 0 Å². The molecule has 0 radical (unpaired) electrons. The van der Waals surface area contributed by atoms with Gasteiger partial charge in [0.05, 0.1) is 19.1 Å². The fourth-order valence-corrected chi connectivity index (χ4v) is 0.660. The molecular weight excluding hydrogens is 228 g/mol. The number of rotatable bonds is 7. The van der Waals surface area contributed by atoms with Crippen LogP contribution < -0.4 is 0 Å². The summed E-state index contributed by atoms with van der Waals surface area (Å²) in [6.07, 6.45) is 1.43. The van der Waals surface area contributed by atoms with Gasteiger partial charge in [0, 0.05) is 12.7 Å². The number of aliphatic hydroxyl groups is 4. The van der Waals surface area contributed by atoms with Gasteiger partial charge in [0.15, 0.2) is 0 Å². The van der Waals surface area contributed by atoms with E-state index in [1.165, 1.54) is 0 Å². The van der Waals surface area contributed by atoms with Gasteiger partial charge in [0.1, 0.15) is 0 Å². The van der Waals surface area contributed by atoms with Gasteiger partial charge >= 0.3 is 5.97 Å². The Hall–Kier alpha value is -0.950. The maximum Gasteiger partial charge on any atom is 0.332 e. The van der Waals surface area contributed by atoms with Crippen molar-refractivity contribution >= 4 is 5.97 Å². The summed E-state index contributed by atoms with van der Waals surface area (Å²) in [6.45, 7) is 4.60. The average Bonchev–Trinajstić information content (AvgIpc) is 2.32. The number of unbranched alkanes of at least 4 members (excludes halogenated alkanes) is 1. The van der Waals surface area contributed by atoms with E-state index in [0.717, 1.165) is 18.9 Å². The lowest BCUT2D eigenvalue weighted by atomic mass is 10.2. The minimum absolute atomic E-state index is 0.344. The van der Waals surface area contributed by atoms with Gasteiger partial charge in [-0.25, -0.2) is 4.79 Å². The van der Waals surface area contributed by atoms with Crippen molar-refractivity contribution in [3.8, 4) is 0 Å². The summed E-state index contributed by atoms with van der Waals surface area (Å²) in [6, 6.07) is 0. The molecule has 0 aliphatic rings. The van der Waals surface area contributed by atoms with Crippen LogP contribution in [0.2, 0.25) is 0 Å². The van der Waals surface area contributed by atoms with Crippen LogP contribution >= 0.6 is 0 Å². The van der Waals surface area contributed by atoms with Crippen LogP contribution in [0.5, 0.6) is 0 Å². The monoisotopic (exact) mass is 250 g/mol. The number of carbonyl (C=O) groups is 1. The molecule has 0 saturated heterocycles. The Morgan fingerprint density at radius 2 is 1.88 bits per heavy atom. The third-order valence-electron chi connectivity index (χ3n) is 1.79. The van der Waals surface area contributed by atoms with E-state index in [2.05, 4.69) is 18.2 Å². The normalized spacial score (nSPS) is 11.4. The van der Waals surface area contributed by atoms with Crippen molar-refractivity contribution < 1.29 is 30.0 Å². The highest BCUT2D eigenvalue weighted by Crippen LogP contribution is 2.03. The van der Waals surface area contributed by atoms with Crippen LogP contribution in [-0.4, -0.2) is 52.5 Å². The molecule has 102 valence electrons.